The molecule has 0 aliphatic carbocycles. The van der Waals surface area contributed by atoms with Gasteiger partial charge in [0.2, 0.25) is 7.29 Å². The summed E-state index contributed by atoms with van der Waals surface area (Å²) in [5.41, 5.74) is 0. The van der Waals surface area contributed by atoms with Crippen LogP contribution in [0.15, 0.2) is 60.7 Å². The molecule has 0 bridgehead atoms. The lowest BCUT2D eigenvalue weighted by Crippen LogP contribution is -2.43. The molecule has 0 saturated heterocycles. The number of urea groups is 1. The summed E-state index contributed by atoms with van der Waals surface area (Å²) in [5.74, 6) is 0. The zero-order valence-corrected chi connectivity index (χ0v) is 19.4. The molecule has 2 rings (SSSR count). The van der Waals surface area contributed by atoms with Gasteiger partial charge >= 0.3 is 6.03 Å². The van der Waals surface area contributed by atoms with Crippen molar-refractivity contribution in [1.29, 1.82) is 0 Å². The molecule has 0 heterocycles. The van der Waals surface area contributed by atoms with Gasteiger partial charge in [0, 0.05) is 23.7 Å². The van der Waals surface area contributed by atoms with E-state index < -0.39 is 7.29 Å². The van der Waals surface area contributed by atoms with Crippen molar-refractivity contribution in [2.75, 3.05) is 13.1 Å². The van der Waals surface area contributed by atoms with Crippen LogP contribution >= 0.6 is 7.29 Å². The zero-order chi connectivity index (χ0) is 21.7. The number of carbonyl (C=O) groups excluding carboxylic acids is 1. The summed E-state index contributed by atoms with van der Waals surface area (Å²) in [7, 11) is -3.26. The number of rotatable bonds is 13. The maximum atomic E-state index is 14.1. The molecule has 164 valence electrons. The Balaban J connectivity index is 2.19. The molecule has 0 radical (unpaired) electrons. The first-order chi connectivity index (χ1) is 14.6. The van der Waals surface area contributed by atoms with E-state index in [1.54, 1.807) is 0 Å². The van der Waals surface area contributed by atoms with Gasteiger partial charge in [0.05, 0.1) is 0 Å². The molecular weight excluding hydrogens is 391 g/mol. The third kappa shape index (κ3) is 7.32. The molecule has 1 N–H and O–H groups in total. The molecule has 2 aromatic carbocycles. The van der Waals surface area contributed by atoms with Crippen LogP contribution in [-0.4, -0.2) is 24.0 Å². The number of carbonyl (C=O) groups is 1. The van der Waals surface area contributed by atoms with Crippen molar-refractivity contribution >= 4 is 23.9 Å². The predicted molar refractivity (Wildman–Crippen MR) is 128 cm³/mol. The van der Waals surface area contributed by atoms with E-state index >= 15 is 0 Å². The van der Waals surface area contributed by atoms with Gasteiger partial charge in [-0.1, -0.05) is 88.8 Å². The van der Waals surface area contributed by atoms with Crippen LogP contribution in [0.2, 0.25) is 0 Å². The van der Waals surface area contributed by atoms with Crippen molar-refractivity contribution in [2.45, 2.75) is 65.2 Å². The lowest BCUT2D eigenvalue weighted by atomic mass is 10.2. The second-order valence-electron chi connectivity index (χ2n) is 7.81. The molecule has 0 aliphatic rings. The first-order valence-corrected chi connectivity index (χ1v) is 13.1. The Labute approximate surface area is 182 Å². The summed E-state index contributed by atoms with van der Waals surface area (Å²) in [6.07, 6.45) is 8.88. The topological polar surface area (TPSA) is 49.4 Å². The quantitative estimate of drug-likeness (QED) is 0.310. The third-order valence-corrected chi connectivity index (χ3v) is 7.90. The fraction of sp³-hybridized carbons (Fsp3) is 0.480. The van der Waals surface area contributed by atoms with Crippen LogP contribution in [0.3, 0.4) is 0 Å². The van der Waals surface area contributed by atoms with E-state index in [2.05, 4.69) is 18.9 Å². The summed E-state index contributed by atoms with van der Waals surface area (Å²) in [5, 5.41) is 4.26. The average Bonchev–Trinajstić information content (AvgIpc) is 2.79. The van der Waals surface area contributed by atoms with Crippen LogP contribution in [0.25, 0.3) is 0 Å². The summed E-state index contributed by atoms with van der Waals surface area (Å²) in [6, 6.07) is 18.4. The highest BCUT2D eigenvalue weighted by Crippen LogP contribution is 2.38. The first-order valence-electron chi connectivity index (χ1n) is 11.4. The molecular formula is C25H37N2O2P. The van der Waals surface area contributed by atoms with Crippen LogP contribution in [0.1, 0.15) is 65.2 Å². The van der Waals surface area contributed by atoms with Crippen LogP contribution < -0.4 is 15.7 Å². The largest absolute Gasteiger partial charge is 0.325 e. The van der Waals surface area contributed by atoms with E-state index in [9.17, 15) is 9.36 Å². The predicted octanol–water partition coefficient (Wildman–Crippen LogP) is 6.09. The fourth-order valence-corrected chi connectivity index (χ4v) is 5.68. The maximum absolute atomic E-state index is 14.1. The van der Waals surface area contributed by atoms with Gasteiger partial charge in [-0.25, -0.2) is 4.79 Å². The number of amides is 2. The van der Waals surface area contributed by atoms with Crippen molar-refractivity contribution < 1.29 is 9.36 Å². The minimum atomic E-state index is -3.26. The Hall–Kier alpha value is -2.06. The molecule has 0 saturated carbocycles. The molecule has 2 aromatic rings. The third-order valence-electron chi connectivity index (χ3n) is 5.34. The molecule has 0 aliphatic heterocycles. The number of benzene rings is 2. The monoisotopic (exact) mass is 428 g/mol. The van der Waals surface area contributed by atoms with Gasteiger partial charge in [-0.15, -0.1) is 0 Å². The lowest BCUT2D eigenvalue weighted by molar-refractivity contribution is 0.201. The minimum Gasteiger partial charge on any atom is -0.325 e. The van der Waals surface area contributed by atoms with Crippen molar-refractivity contribution in [3.8, 4) is 0 Å². The SMILES string of the molecule is CCCCCCN(CCCCCC)C(=O)NP(=O)(c1ccccc1)c1ccccc1. The molecule has 0 fully saturated rings. The van der Waals surface area contributed by atoms with Gasteiger partial charge in [-0.05, 0) is 37.1 Å². The van der Waals surface area contributed by atoms with Crippen LogP contribution in [-0.2, 0) is 4.57 Å². The van der Waals surface area contributed by atoms with E-state index in [4.69, 9.17) is 0 Å². The van der Waals surface area contributed by atoms with Gasteiger partial charge in [-0.3, -0.25) is 9.65 Å². The highest BCUT2D eigenvalue weighted by molar-refractivity contribution is 7.77. The molecule has 5 heteroatoms. The molecule has 0 atom stereocenters. The number of hydrogen-bond acceptors (Lipinski definition) is 2. The first kappa shape index (κ1) is 24.2. The molecule has 0 unspecified atom stereocenters. The number of hydrogen-bond donors (Lipinski definition) is 1. The van der Waals surface area contributed by atoms with E-state index in [0.717, 1.165) is 25.7 Å². The molecule has 0 spiro atoms. The van der Waals surface area contributed by atoms with Gasteiger partial charge in [0.25, 0.3) is 0 Å². The zero-order valence-electron chi connectivity index (χ0n) is 18.6. The second-order valence-corrected chi connectivity index (χ2v) is 10.3. The Morgan fingerprint density at radius 1 is 0.733 bits per heavy atom. The summed E-state index contributed by atoms with van der Waals surface area (Å²) in [4.78, 5) is 15.1. The standard InChI is InChI=1S/C25H37N2O2P/c1-3-5-7-15-21-27(22-16-8-6-4-2)25(28)26-30(29,23-17-11-9-12-18-23)24-19-13-10-14-20-24/h9-14,17-20H,3-8,15-16,21-22H2,1-2H3,(H,26,28,29). The molecule has 30 heavy (non-hydrogen) atoms. The normalized spacial score (nSPS) is 11.3. The Bertz CT molecular complexity index is 725. The number of nitrogens with zero attached hydrogens (tertiary/aromatic N) is 1. The summed E-state index contributed by atoms with van der Waals surface area (Å²) in [6.45, 7) is 5.79. The van der Waals surface area contributed by atoms with Crippen molar-refractivity contribution in [2.24, 2.45) is 0 Å². The van der Waals surface area contributed by atoms with E-state index in [-0.39, 0.29) is 6.03 Å². The van der Waals surface area contributed by atoms with Gasteiger partial charge in [0.1, 0.15) is 0 Å². The Morgan fingerprint density at radius 3 is 1.57 bits per heavy atom. The van der Waals surface area contributed by atoms with Crippen LogP contribution in [0.4, 0.5) is 4.79 Å². The Kier molecular flexibility index (Phi) is 10.7. The fourth-order valence-electron chi connectivity index (χ4n) is 3.53. The average molecular weight is 429 g/mol. The molecule has 4 nitrogen and oxygen atoms in total. The minimum absolute atomic E-state index is 0.223. The van der Waals surface area contributed by atoms with Crippen LogP contribution in [0.5, 0.6) is 0 Å². The van der Waals surface area contributed by atoms with Crippen molar-refractivity contribution in [3.63, 3.8) is 0 Å². The molecule has 2 amide bonds. The van der Waals surface area contributed by atoms with E-state index in [1.807, 2.05) is 65.6 Å². The number of nitrogens with one attached hydrogen (secondary N) is 1. The van der Waals surface area contributed by atoms with Crippen molar-refractivity contribution in [1.82, 2.24) is 9.99 Å². The van der Waals surface area contributed by atoms with E-state index in [0.29, 0.717) is 23.7 Å². The van der Waals surface area contributed by atoms with Gasteiger partial charge < -0.3 is 4.90 Å². The number of unbranched alkanes of at least 4 members (excludes halogenated alkanes) is 6. The highest BCUT2D eigenvalue weighted by atomic mass is 31.2. The van der Waals surface area contributed by atoms with E-state index in [1.165, 1.54) is 25.7 Å². The van der Waals surface area contributed by atoms with Gasteiger partial charge in [-0.2, -0.15) is 0 Å². The van der Waals surface area contributed by atoms with Crippen LogP contribution in [0, 0.1) is 0 Å². The lowest BCUT2D eigenvalue weighted by Gasteiger charge is -2.27. The maximum Gasteiger partial charge on any atom is 0.323 e. The highest BCUT2D eigenvalue weighted by Gasteiger charge is 2.31. The Morgan fingerprint density at radius 2 is 1.17 bits per heavy atom. The summed E-state index contributed by atoms with van der Waals surface area (Å²) >= 11 is 0. The smallest absolute Gasteiger partial charge is 0.323 e. The molecule has 0 aromatic heterocycles. The van der Waals surface area contributed by atoms with Crippen molar-refractivity contribution in [3.05, 3.63) is 60.7 Å². The summed E-state index contributed by atoms with van der Waals surface area (Å²) < 4.78 is 14.1. The second kappa shape index (κ2) is 13.3. The van der Waals surface area contributed by atoms with Gasteiger partial charge in [0.15, 0.2) is 0 Å².